The molecule has 1 aliphatic rings. The van der Waals surface area contributed by atoms with Crippen LogP contribution >= 0.6 is 0 Å². The van der Waals surface area contributed by atoms with Crippen molar-refractivity contribution in [1.29, 1.82) is 0 Å². The molecule has 1 unspecified atom stereocenters. The molecule has 1 aliphatic carbocycles. The predicted octanol–water partition coefficient (Wildman–Crippen LogP) is 4.53. The van der Waals surface area contributed by atoms with Crippen molar-refractivity contribution < 1.29 is 24.9 Å². The fourth-order valence-electron chi connectivity index (χ4n) is 4.02. The minimum Gasteiger partial charge on any atom is -0.507 e. The van der Waals surface area contributed by atoms with Crippen molar-refractivity contribution in [3.63, 3.8) is 0 Å². The molecule has 0 heterocycles. The van der Waals surface area contributed by atoms with Crippen LogP contribution in [0.25, 0.3) is 0 Å². The van der Waals surface area contributed by atoms with Crippen LogP contribution in [0.1, 0.15) is 79.3 Å². The standard InChI is InChI=1S/C25H28O5/c1-24(2)10-11-25(3,4)19-14-22(30-5)17(13-18(19)24)20(26)9-7-15-6-8-16(23(28)29)21(27)12-15/h6,8,12-14,20,26-27H,10-11H2,1-5H3,(H,28,29). The van der Waals surface area contributed by atoms with Crippen LogP contribution in [0.15, 0.2) is 30.3 Å². The zero-order chi connectivity index (χ0) is 22.3. The second-order valence-corrected chi connectivity index (χ2v) is 9.12. The number of carboxylic acid groups (broad SMARTS) is 1. The number of benzene rings is 2. The third kappa shape index (κ3) is 4.01. The quantitative estimate of drug-likeness (QED) is 0.650. The zero-order valence-corrected chi connectivity index (χ0v) is 18.0. The Balaban J connectivity index is 2.02. The van der Waals surface area contributed by atoms with Gasteiger partial charge in [0, 0.05) is 11.1 Å². The van der Waals surface area contributed by atoms with Crippen LogP contribution in [0.3, 0.4) is 0 Å². The van der Waals surface area contributed by atoms with Crippen molar-refractivity contribution in [2.45, 2.75) is 57.5 Å². The summed E-state index contributed by atoms with van der Waals surface area (Å²) in [5, 5.41) is 29.6. The van der Waals surface area contributed by atoms with Crippen LogP contribution < -0.4 is 4.74 Å². The first-order valence-corrected chi connectivity index (χ1v) is 9.95. The highest BCUT2D eigenvalue weighted by molar-refractivity contribution is 5.90. The van der Waals surface area contributed by atoms with Crippen molar-refractivity contribution in [3.8, 4) is 23.3 Å². The van der Waals surface area contributed by atoms with Gasteiger partial charge in [0.1, 0.15) is 23.2 Å². The number of carbonyl (C=O) groups is 1. The summed E-state index contributed by atoms with van der Waals surface area (Å²) in [6, 6.07) is 8.08. The van der Waals surface area contributed by atoms with Crippen molar-refractivity contribution in [2.24, 2.45) is 0 Å². The van der Waals surface area contributed by atoms with E-state index in [1.54, 1.807) is 7.11 Å². The summed E-state index contributed by atoms with van der Waals surface area (Å²) in [5.74, 6) is 4.61. The molecule has 30 heavy (non-hydrogen) atoms. The lowest BCUT2D eigenvalue weighted by molar-refractivity contribution is 0.0693. The molecular weight excluding hydrogens is 380 g/mol. The van der Waals surface area contributed by atoms with Gasteiger partial charge in [-0.1, -0.05) is 39.5 Å². The molecule has 5 nitrogen and oxygen atoms in total. The number of hydrogen-bond donors (Lipinski definition) is 3. The van der Waals surface area contributed by atoms with Crippen molar-refractivity contribution in [3.05, 3.63) is 58.1 Å². The van der Waals surface area contributed by atoms with E-state index in [2.05, 4.69) is 39.5 Å². The second kappa shape index (κ2) is 7.70. The average molecular weight is 408 g/mol. The molecule has 0 bridgehead atoms. The van der Waals surface area contributed by atoms with Gasteiger partial charge in [0.15, 0.2) is 0 Å². The van der Waals surface area contributed by atoms with E-state index < -0.39 is 12.1 Å². The number of aliphatic hydroxyl groups excluding tert-OH is 1. The smallest absolute Gasteiger partial charge is 0.339 e. The number of methoxy groups -OCH3 is 1. The van der Waals surface area contributed by atoms with Gasteiger partial charge < -0.3 is 20.1 Å². The fraction of sp³-hybridized carbons (Fsp3) is 0.400. The number of aliphatic hydroxyl groups is 1. The van der Waals surface area contributed by atoms with Gasteiger partial charge in [-0.3, -0.25) is 0 Å². The molecule has 0 saturated heterocycles. The third-order valence-electron chi connectivity index (χ3n) is 6.08. The van der Waals surface area contributed by atoms with Gasteiger partial charge in [-0.05, 0) is 65.1 Å². The summed E-state index contributed by atoms with van der Waals surface area (Å²) in [5.41, 5.74) is 3.25. The molecule has 2 aromatic carbocycles. The number of phenols is 1. The average Bonchev–Trinajstić information content (AvgIpc) is 2.68. The summed E-state index contributed by atoms with van der Waals surface area (Å²) in [6.07, 6.45) is 1.04. The molecule has 1 atom stereocenters. The van der Waals surface area contributed by atoms with E-state index in [4.69, 9.17) is 9.84 Å². The third-order valence-corrected chi connectivity index (χ3v) is 6.08. The summed E-state index contributed by atoms with van der Waals surface area (Å²) < 4.78 is 5.57. The monoisotopic (exact) mass is 408 g/mol. The molecule has 0 aliphatic heterocycles. The first kappa shape index (κ1) is 21.7. The number of carboxylic acids is 1. The molecule has 3 N–H and O–H groups in total. The number of rotatable bonds is 3. The first-order valence-electron chi connectivity index (χ1n) is 9.95. The van der Waals surface area contributed by atoms with Gasteiger partial charge in [-0.2, -0.15) is 0 Å². The maximum Gasteiger partial charge on any atom is 0.339 e. The molecule has 5 heteroatoms. The molecule has 0 aromatic heterocycles. The van der Waals surface area contributed by atoms with Crippen molar-refractivity contribution >= 4 is 5.97 Å². The molecule has 0 amide bonds. The molecule has 2 aromatic rings. The zero-order valence-electron chi connectivity index (χ0n) is 18.0. The van der Waals surface area contributed by atoms with Crippen LogP contribution in [0.4, 0.5) is 0 Å². The number of aromatic hydroxyl groups is 1. The summed E-state index contributed by atoms with van der Waals surface area (Å²) >= 11 is 0. The lowest BCUT2D eigenvalue weighted by Gasteiger charge is -2.42. The fourth-order valence-corrected chi connectivity index (χ4v) is 4.02. The Morgan fingerprint density at radius 2 is 1.67 bits per heavy atom. The lowest BCUT2D eigenvalue weighted by atomic mass is 9.62. The number of aromatic carboxylic acids is 1. The van der Waals surface area contributed by atoms with Crippen LogP contribution in [0.2, 0.25) is 0 Å². The Labute approximate surface area is 177 Å². The Morgan fingerprint density at radius 3 is 2.20 bits per heavy atom. The number of ether oxygens (including phenoxy) is 1. The Morgan fingerprint density at radius 1 is 1.07 bits per heavy atom. The highest BCUT2D eigenvalue weighted by Crippen LogP contribution is 2.48. The lowest BCUT2D eigenvalue weighted by Crippen LogP contribution is -2.34. The van der Waals surface area contributed by atoms with Crippen LogP contribution in [-0.2, 0) is 10.8 Å². The normalized spacial score (nSPS) is 17.3. The van der Waals surface area contributed by atoms with Gasteiger partial charge in [0.2, 0.25) is 0 Å². The maximum absolute atomic E-state index is 11.0. The molecule has 3 rings (SSSR count). The van der Waals surface area contributed by atoms with E-state index in [9.17, 15) is 15.0 Å². The molecule has 0 radical (unpaired) electrons. The Bertz CT molecular complexity index is 1050. The number of fused-ring (bicyclic) bond motifs is 1. The van der Waals surface area contributed by atoms with E-state index in [0.717, 1.165) is 12.8 Å². The van der Waals surface area contributed by atoms with Crippen molar-refractivity contribution in [1.82, 2.24) is 0 Å². The molecule has 0 saturated carbocycles. The van der Waals surface area contributed by atoms with Gasteiger partial charge in [-0.25, -0.2) is 4.79 Å². The Kier molecular flexibility index (Phi) is 5.58. The number of hydrogen-bond acceptors (Lipinski definition) is 4. The molecule has 0 fully saturated rings. The van der Waals surface area contributed by atoms with Gasteiger partial charge in [-0.15, -0.1) is 0 Å². The van der Waals surface area contributed by atoms with E-state index in [0.29, 0.717) is 16.9 Å². The van der Waals surface area contributed by atoms with E-state index >= 15 is 0 Å². The van der Waals surface area contributed by atoms with E-state index in [-0.39, 0.29) is 22.1 Å². The topological polar surface area (TPSA) is 87.0 Å². The first-order chi connectivity index (χ1) is 14.0. The van der Waals surface area contributed by atoms with Gasteiger partial charge >= 0.3 is 5.97 Å². The largest absolute Gasteiger partial charge is 0.507 e. The summed E-state index contributed by atoms with van der Waals surface area (Å²) in [4.78, 5) is 11.0. The van der Waals surface area contributed by atoms with Gasteiger partial charge in [0.25, 0.3) is 0 Å². The van der Waals surface area contributed by atoms with Crippen LogP contribution in [0, 0.1) is 11.8 Å². The van der Waals surface area contributed by atoms with Gasteiger partial charge in [0.05, 0.1) is 7.11 Å². The van der Waals surface area contributed by atoms with E-state index in [1.807, 2.05) is 12.1 Å². The maximum atomic E-state index is 11.0. The molecule has 158 valence electrons. The SMILES string of the molecule is COc1cc2c(cc1C(O)C#Cc1ccc(C(=O)O)c(O)c1)C(C)(C)CCC2(C)C. The highest BCUT2D eigenvalue weighted by Gasteiger charge is 2.38. The minimum atomic E-state index is -1.21. The Hall–Kier alpha value is -2.97. The summed E-state index contributed by atoms with van der Waals surface area (Å²) in [7, 11) is 1.58. The van der Waals surface area contributed by atoms with Crippen LogP contribution in [0.5, 0.6) is 11.5 Å². The summed E-state index contributed by atoms with van der Waals surface area (Å²) in [6.45, 7) is 8.87. The second-order valence-electron chi connectivity index (χ2n) is 9.12. The predicted molar refractivity (Wildman–Crippen MR) is 115 cm³/mol. The molecular formula is C25H28O5. The highest BCUT2D eigenvalue weighted by atomic mass is 16.5. The minimum absolute atomic E-state index is 0.0164. The molecule has 0 spiro atoms. The van der Waals surface area contributed by atoms with E-state index in [1.165, 1.54) is 29.3 Å². The van der Waals surface area contributed by atoms with Crippen LogP contribution in [-0.4, -0.2) is 28.4 Å². The van der Waals surface area contributed by atoms with Crippen molar-refractivity contribution in [2.75, 3.05) is 7.11 Å².